The van der Waals surface area contributed by atoms with Gasteiger partial charge in [0.25, 0.3) is 0 Å². The van der Waals surface area contributed by atoms with E-state index in [1.54, 1.807) is 6.07 Å². The number of phenolic OH excluding ortho intramolecular Hbond substituents is 2. The number of aliphatic hydroxyl groups excluding tert-OH is 6. The lowest BCUT2D eigenvalue weighted by Crippen LogP contribution is -2.61. The summed E-state index contributed by atoms with van der Waals surface area (Å²) in [6, 6.07) is 7.78. The molecular weight excluding hydrogens is 576 g/mol. The van der Waals surface area contributed by atoms with Gasteiger partial charge in [-0.05, 0) is 25.1 Å². The smallest absolute Gasteiger partial charge is 0.229 e. The minimum atomic E-state index is -1.78. The van der Waals surface area contributed by atoms with E-state index in [4.69, 9.17) is 28.1 Å². The number of benzene rings is 2. The molecule has 15 heteroatoms. The third-order valence-corrected chi connectivity index (χ3v) is 7.40. The third-order valence-electron chi connectivity index (χ3n) is 7.40. The molecule has 0 bridgehead atoms. The van der Waals surface area contributed by atoms with Crippen LogP contribution in [0.25, 0.3) is 22.3 Å². The van der Waals surface area contributed by atoms with Crippen LogP contribution in [0.3, 0.4) is 0 Å². The van der Waals surface area contributed by atoms with Crippen LogP contribution >= 0.6 is 0 Å². The van der Waals surface area contributed by atoms with E-state index >= 15 is 0 Å². The van der Waals surface area contributed by atoms with Crippen LogP contribution in [0.2, 0.25) is 0 Å². The highest BCUT2D eigenvalue weighted by Gasteiger charge is 2.47. The molecule has 2 fully saturated rings. The van der Waals surface area contributed by atoms with Gasteiger partial charge in [0.1, 0.15) is 71.0 Å². The summed E-state index contributed by atoms with van der Waals surface area (Å²) in [5.41, 5.74) is -0.381. The summed E-state index contributed by atoms with van der Waals surface area (Å²) >= 11 is 0. The van der Waals surface area contributed by atoms with Crippen molar-refractivity contribution in [3.8, 4) is 34.3 Å². The molecule has 10 atom stereocenters. The van der Waals surface area contributed by atoms with Gasteiger partial charge in [-0.1, -0.05) is 0 Å². The van der Waals surface area contributed by atoms with E-state index in [0.717, 1.165) is 12.1 Å². The molecule has 5 rings (SSSR count). The Balaban J connectivity index is 1.36. The Morgan fingerprint density at radius 2 is 1.49 bits per heavy atom. The molecule has 2 aliphatic heterocycles. The van der Waals surface area contributed by atoms with Crippen molar-refractivity contribution in [2.24, 2.45) is 0 Å². The fraction of sp³-hybridized carbons (Fsp3) is 0.464. The zero-order chi connectivity index (χ0) is 31.2. The van der Waals surface area contributed by atoms with Crippen LogP contribution in [0, 0.1) is 0 Å². The van der Waals surface area contributed by atoms with E-state index in [-0.39, 0.29) is 34.0 Å². The van der Waals surface area contributed by atoms with Crippen LogP contribution < -0.4 is 14.9 Å². The molecule has 2 aliphatic rings. The second-order valence-corrected chi connectivity index (χ2v) is 10.3. The van der Waals surface area contributed by atoms with Crippen molar-refractivity contribution in [3.05, 3.63) is 46.6 Å². The van der Waals surface area contributed by atoms with E-state index in [9.17, 15) is 45.6 Å². The Hall–Kier alpha value is -3.51. The molecule has 0 aliphatic carbocycles. The average Bonchev–Trinajstić information content (AvgIpc) is 2.97. The predicted octanol–water partition coefficient (Wildman–Crippen LogP) is -1.09. The highest BCUT2D eigenvalue weighted by Crippen LogP contribution is 2.35. The van der Waals surface area contributed by atoms with Crippen LogP contribution in [-0.4, -0.2) is 116 Å². The van der Waals surface area contributed by atoms with Crippen molar-refractivity contribution in [2.45, 2.75) is 68.3 Å². The first kappa shape index (κ1) is 30.9. The van der Waals surface area contributed by atoms with Gasteiger partial charge in [-0.15, -0.1) is 0 Å². The van der Waals surface area contributed by atoms with Crippen molar-refractivity contribution in [2.75, 3.05) is 13.7 Å². The largest absolute Gasteiger partial charge is 0.507 e. The van der Waals surface area contributed by atoms with Crippen LogP contribution in [-0.2, 0) is 14.2 Å². The number of aromatic hydroxyl groups is 2. The second-order valence-electron chi connectivity index (χ2n) is 10.3. The Bertz CT molecular complexity index is 1510. The van der Waals surface area contributed by atoms with Gasteiger partial charge < -0.3 is 69.0 Å². The number of methoxy groups -OCH3 is 1. The van der Waals surface area contributed by atoms with Crippen molar-refractivity contribution in [1.29, 1.82) is 0 Å². The molecule has 0 amide bonds. The standard InChI is InChI=1S/C28H32O15/c1-10-21(32)23(34)25(36)27(40-10)39-9-19-22(33)24(35)26(37)28(43-19)41-12-6-14(30)20-15(31)8-17(42-18(20)7-12)11-3-4-16(38-2)13(29)5-11/h3-8,10,19,21-30,32-37H,9H2,1-2H3/t10?,19?,21-,22+,23-,24+,25-,26-,27?,28?/m0/s1. The Labute approximate surface area is 243 Å². The van der Waals surface area contributed by atoms with Gasteiger partial charge >= 0.3 is 0 Å². The highest BCUT2D eigenvalue weighted by atomic mass is 16.7. The number of hydrogen-bond acceptors (Lipinski definition) is 15. The molecule has 1 aromatic heterocycles. The molecule has 2 saturated heterocycles. The molecule has 15 nitrogen and oxygen atoms in total. The fourth-order valence-electron chi connectivity index (χ4n) is 4.92. The summed E-state index contributed by atoms with van der Waals surface area (Å²) in [4.78, 5) is 12.8. The minimum absolute atomic E-state index is 0.0517. The number of hydrogen-bond donors (Lipinski definition) is 8. The zero-order valence-electron chi connectivity index (χ0n) is 22.9. The summed E-state index contributed by atoms with van der Waals surface area (Å²) in [6.07, 6.45) is -15.0. The van der Waals surface area contributed by atoms with Crippen molar-refractivity contribution < 1.29 is 69.0 Å². The molecular formula is C28H32O15. The number of ether oxygens (including phenoxy) is 5. The Morgan fingerprint density at radius 3 is 2.19 bits per heavy atom. The van der Waals surface area contributed by atoms with E-state index in [2.05, 4.69) is 0 Å². The lowest BCUT2D eigenvalue weighted by atomic mass is 9.98. The summed E-state index contributed by atoms with van der Waals surface area (Å²) in [6.45, 7) is 0.953. The maximum absolute atomic E-state index is 12.8. The van der Waals surface area contributed by atoms with Crippen LogP contribution in [0.1, 0.15) is 6.92 Å². The van der Waals surface area contributed by atoms with Gasteiger partial charge in [0.05, 0.1) is 19.8 Å². The third kappa shape index (κ3) is 5.99. The maximum atomic E-state index is 12.8. The van der Waals surface area contributed by atoms with Gasteiger partial charge in [0, 0.05) is 23.8 Å². The van der Waals surface area contributed by atoms with Gasteiger partial charge in [-0.25, -0.2) is 0 Å². The second kappa shape index (κ2) is 12.2. The van der Waals surface area contributed by atoms with Crippen LogP contribution in [0.4, 0.5) is 0 Å². The monoisotopic (exact) mass is 608 g/mol. The maximum Gasteiger partial charge on any atom is 0.229 e. The number of fused-ring (bicyclic) bond motifs is 1. The van der Waals surface area contributed by atoms with E-state index in [1.807, 2.05) is 0 Å². The fourth-order valence-corrected chi connectivity index (χ4v) is 4.92. The van der Waals surface area contributed by atoms with Crippen molar-refractivity contribution >= 4 is 11.0 Å². The summed E-state index contributed by atoms with van der Waals surface area (Å²) in [7, 11) is 1.38. The molecule has 3 heterocycles. The molecule has 0 spiro atoms. The van der Waals surface area contributed by atoms with E-state index < -0.39 is 79.2 Å². The van der Waals surface area contributed by atoms with Gasteiger partial charge in [0.15, 0.2) is 23.2 Å². The molecule has 43 heavy (non-hydrogen) atoms. The topological polar surface area (TPSA) is 238 Å². The van der Waals surface area contributed by atoms with Gasteiger partial charge in [-0.2, -0.15) is 0 Å². The first-order chi connectivity index (χ1) is 20.4. The molecule has 2 aromatic carbocycles. The van der Waals surface area contributed by atoms with E-state index in [1.165, 1.54) is 32.2 Å². The summed E-state index contributed by atoms with van der Waals surface area (Å²) in [5.74, 6) is -0.605. The molecule has 0 saturated carbocycles. The lowest BCUT2D eigenvalue weighted by molar-refractivity contribution is -0.318. The Morgan fingerprint density at radius 1 is 0.791 bits per heavy atom. The SMILES string of the molecule is COc1ccc(-c2cc(=O)c3c(O)cc(OC4OC(COC5OC(C)[C@H](O)[C@H](O)[C@@H]5O)[C@@H](O)[C@@H](O)[C@@H]4O)cc3o2)cc1O. The van der Waals surface area contributed by atoms with Crippen LogP contribution in [0.5, 0.6) is 23.0 Å². The van der Waals surface area contributed by atoms with Gasteiger partial charge in [-0.3, -0.25) is 4.79 Å². The highest BCUT2D eigenvalue weighted by molar-refractivity contribution is 5.86. The average molecular weight is 609 g/mol. The van der Waals surface area contributed by atoms with E-state index in [0.29, 0.717) is 5.56 Å². The molecule has 8 N–H and O–H groups in total. The quantitative estimate of drug-likeness (QED) is 0.159. The Kier molecular flexibility index (Phi) is 8.80. The molecule has 4 unspecified atom stereocenters. The molecule has 234 valence electrons. The lowest BCUT2D eigenvalue weighted by Gasteiger charge is -2.42. The zero-order valence-corrected chi connectivity index (χ0v) is 22.9. The number of rotatable bonds is 7. The van der Waals surface area contributed by atoms with Crippen molar-refractivity contribution in [1.82, 2.24) is 0 Å². The summed E-state index contributed by atoms with van der Waals surface area (Å²) in [5, 5.41) is 82.0. The predicted molar refractivity (Wildman–Crippen MR) is 143 cm³/mol. The normalized spacial score (nSPS) is 32.9. The van der Waals surface area contributed by atoms with Crippen molar-refractivity contribution in [3.63, 3.8) is 0 Å². The molecule has 0 radical (unpaired) electrons. The van der Waals surface area contributed by atoms with Crippen LogP contribution in [0.15, 0.2) is 45.6 Å². The number of aliphatic hydroxyl groups is 6. The van der Waals surface area contributed by atoms with Gasteiger partial charge in [0.2, 0.25) is 6.29 Å². The summed E-state index contributed by atoms with van der Waals surface area (Å²) < 4.78 is 32.9. The first-order valence-electron chi connectivity index (χ1n) is 13.3. The first-order valence-corrected chi connectivity index (χ1v) is 13.3. The molecule has 3 aromatic rings. The minimum Gasteiger partial charge on any atom is -0.507 e. The number of phenols is 2.